The summed E-state index contributed by atoms with van der Waals surface area (Å²) >= 11 is 0. The molecule has 10 nitrogen and oxygen atoms in total. The monoisotopic (exact) mass is 627 g/mol. The first-order chi connectivity index (χ1) is 21.4. The Morgan fingerprint density at radius 3 is 2.49 bits per heavy atom. The quantitative estimate of drug-likeness (QED) is 0.387. The van der Waals surface area contributed by atoms with Crippen molar-refractivity contribution in [2.45, 2.75) is 70.6 Å². The van der Waals surface area contributed by atoms with E-state index in [2.05, 4.69) is 11.2 Å². The van der Waals surface area contributed by atoms with Crippen LogP contribution in [0.15, 0.2) is 48.5 Å². The van der Waals surface area contributed by atoms with Crippen LogP contribution in [0.3, 0.4) is 0 Å². The Balaban J connectivity index is 1.56. The number of nitrogens with zero attached hydrogens (tertiary/aromatic N) is 2. The van der Waals surface area contributed by atoms with Gasteiger partial charge in [0, 0.05) is 25.1 Å². The van der Waals surface area contributed by atoms with E-state index >= 15 is 0 Å². The van der Waals surface area contributed by atoms with Gasteiger partial charge < -0.3 is 34.1 Å². The third-order valence-electron chi connectivity index (χ3n) is 7.65. The highest BCUT2D eigenvalue weighted by Gasteiger charge is 2.53. The first kappa shape index (κ1) is 33.5. The van der Waals surface area contributed by atoms with Gasteiger partial charge in [0.15, 0.2) is 11.6 Å². The zero-order valence-corrected chi connectivity index (χ0v) is 25.8. The summed E-state index contributed by atoms with van der Waals surface area (Å²) in [5, 5.41) is 2.64. The number of nitrogens with one attached hydrogen (secondary N) is 1. The molecular weight excluding hydrogens is 588 g/mol. The Hall–Kier alpha value is -4.37. The van der Waals surface area contributed by atoms with Gasteiger partial charge in [-0.15, -0.1) is 6.42 Å². The molecule has 0 bridgehead atoms. The normalized spacial score (nSPS) is 20.5. The van der Waals surface area contributed by atoms with E-state index in [9.17, 15) is 23.2 Å². The van der Waals surface area contributed by atoms with Crippen molar-refractivity contribution in [2.75, 3.05) is 26.3 Å². The molecule has 2 aliphatic rings. The zero-order valence-electron chi connectivity index (χ0n) is 25.8. The maximum absolute atomic E-state index is 14.1. The largest absolute Gasteiger partial charge is 0.493 e. The van der Waals surface area contributed by atoms with Crippen LogP contribution in [-0.2, 0) is 25.6 Å². The fraction of sp³-hybridized carbons (Fsp3) is 0.485. The van der Waals surface area contributed by atoms with Crippen molar-refractivity contribution in [3.8, 4) is 18.1 Å². The van der Waals surface area contributed by atoms with Crippen LogP contribution in [-0.4, -0.2) is 84.0 Å². The van der Waals surface area contributed by atoms with Gasteiger partial charge in [0.05, 0.1) is 24.8 Å². The van der Waals surface area contributed by atoms with Crippen molar-refractivity contribution in [2.24, 2.45) is 5.92 Å². The van der Waals surface area contributed by atoms with Crippen LogP contribution in [0.5, 0.6) is 5.75 Å². The van der Waals surface area contributed by atoms with Gasteiger partial charge in [-0.1, -0.05) is 36.3 Å². The van der Waals surface area contributed by atoms with Crippen molar-refractivity contribution in [1.82, 2.24) is 15.1 Å². The van der Waals surface area contributed by atoms with Crippen LogP contribution in [0.1, 0.15) is 39.7 Å². The molecule has 5 atom stereocenters. The minimum Gasteiger partial charge on any atom is -0.493 e. The molecule has 2 saturated heterocycles. The van der Waals surface area contributed by atoms with E-state index in [-0.39, 0.29) is 38.7 Å². The number of carbonyl (C=O) groups excluding carboxylic acids is 3. The van der Waals surface area contributed by atoms with Gasteiger partial charge in [-0.05, 0) is 51.8 Å². The van der Waals surface area contributed by atoms with Crippen LogP contribution in [0, 0.1) is 29.9 Å². The number of rotatable bonds is 10. The number of halogens is 2. The Bertz CT molecular complexity index is 1390. The molecule has 12 heteroatoms. The highest BCUT2D eigenvalue weighted by Crippen LogP contribution is 2.37. The maximum atomic E-state index is 14.1. The predicted octanol–water partition coefficient (Wildman–Crippen LogP) is 4.51. The standard InChI is InChI=1S/C33H39F2N3O7/c1-6-16-42-21(2)28(36-31(40)45-33(3,4)5)30(39)37-15-14-27-29(37)23(20-43-24-12-13-25(34)26(35)17-24)18-38(27)32(41)44-19-22-10-8-7-9-11-22/h1,7-13,17,21,23,27-29H,14-16,18-20H2,2-5H3,(H,36,40)/t21-,23-,27-,28+,29-/m1/s1. The second-order valence-electron chi connectivity index (χ2n) is 12.1. The number of ether oxygens (including phenoxy) is 4. The van der Waals surface area contributed by atoms with Crippen LogP contribution in [0.25, 0.3) is 0 Å². The summed E-state index contributed by atoms with van der Waals surface area (Å²) in [5.74, 6) is -0.474. The molecule has 0 saturated carbocycles. The van der Waals surface area contributed by atoms with Crippen molar-refractivity contribution in [1.29, 1.82) is 0 Å². The number of likely N-dealkylation sites (tertiary alicyclic amines) is 2. The van der Waals surface area contributed by atoms with Gasteiger partial charge in [-0.25, -0.2) is 18.4 Å². The van der Waals surface area contributed by atoms with E-state index in [1.54, 1.807) is 37.5 Å². The maximum Gasteiger partial charge on any atom is 0.410 e. The van der Waals surface area contributed by atoms with E-state index < -0.39 is 65.5 Å². The van der Waals surface area contributed by atoms with E-state index in [0.29, 0.717) is 6.42 Å². The summed E-state index contributed by atoms with van der Waals surface area (Å²) in [6, 6.07) is 10.3. The molecular formula is C33H39F2N3O7. The Kier molecular flexibility index (Phi) is 10.9. The highest BCUT2D eigenvalue weighted by atomic mass is 19.2. The van der Waals surface area contributed by atoms with E-state index in [1.165, 1.54) is 6.07 Å². The van der Waals surface area contributed by atoms with Crippen LogP contribution >= 0.6 is 0 Å². The average molecular weight is 628 g/mol. The first-order valence-electron chi connectivity index (χ1n) is 14.8. The smallest absolute Gasteiger partial charge is 0.410 e. The van der Waals surface area contributed by atoms with E-state index in [1.807, 2.05) is 30.3 Å². The number of terminal acetylenes is 1. The fourth-order valence-corrected chi connectivity index (χ4v) is 5.66. The van der Waals surface area contributed by atoms with E-state index in [0.717, 1.165) is 17.7 Å². The number of alkyl carbamates (subject to hydrolysis) is 1. The van der Waals surface area contributed by atoms with Crippen molar-refractivity contribution in [3.05, 3.63) is 65.7 Å². The van der Waals surface area contributed by atoms with Gasteiger partial charge in [0.1, 0.15) is 30.6 Å². The van der Waals surface area contributed by atoms with Gasteiger partial charge in [0.25, 0.3) is 0 Å². The first-order valence-corrected chi connectivity index (χ1v) is 14.8. The Morgan fingerprint density at radius 1 is 1.09 bits per heavy atom. The minimum absolute atomic E-state index is 0.00814. The van der Waals surface area contributed by atoms with Crippen LogP contribution < -0.4 is 10.1 Å². The lowest BCUT2D eigenvalue weighted by molar-refractivity contribution is -0.138. The topological polar surface area (TPSA) is 107 Å². The summed E-state index contributed by atoms with van der Waals surface area (Å²) in [6.07, 6.45) is 3.64. The van der Waals surface area contributed by atoms with Crippen LogP contribution in [0.4, 0.5) is 18.4 Å². The fourth-order valence-electron chi connectivity index (χ4n) is 5.66. The molecule has 45 heavy (non-hydrogen) atoms. The molecule has 2 aliphatic heterocycles. The van der Waals surface area contributed by atoms with E-state index in [4.69, 9.17) is 25.4 Å². The lowest BCUT2D eigenvalue weighted by Gasteiger charge is -2.34. The summed E-state index contributed by atoms with van der Waals surface area (Å²) in [6.45, 7) is 7.16. The summed E-state index contributed by atoms with van der Waals surface area (Å²) in [5.41, 5.74) is 0.00765. The SMILES string of the molecule is C#CCO[C@H](C)[C@H](NC(=O)OC(C)(C)C)C(=O)N1CC[C@@H]2[C@H]1[C@@H](COc1ccc(F)c(F)c1)CN2C(=O)OCc1ccccc1. The molecule has 242 valence electrons. The molecule has 0 aromatic heterocycles. The molecule has 0 aliphatic carbocycles. The molecule has 3 amide bonds. The third kappa shape index (κ3) is 8.63. The molecule has 0 spiro atoms. The summed E-state index contributed by atoms with van der Waals surface area (Å²) in [4.78, 5) is 43.4. The lowest BCUT2D eigenvalue weighted by Crippen LogP contribution is -2.57. The average Bonchev–Trinajstić information content (AvgIpc) is 3.58. The number of hydrogen-bond donors (Lipinski definition) is 1. The second-order valence-corrected chi connectivity index (χ2v) is 12.1. The Labute approximate surface area is 261 Å². The van der Waals surface area contributed by atoms with Gasteiger partial charge in [-0.3, -0.25) is 4.79 Å². The molecule has 2 aromatic carbocycles. The predicted molar refractivity (Wildman–Crippen MR) is 160 cm³/mol. The van der Waals surface area contributed by atoms with Crippen LogP contribution in [0.2, 0.25) is 0 Å². The van der Waals surface area contributed by atoms with Crippen molar-refractivity contribution >= 4 is 18.1 Å². The number of amides is 3. The van der Waals surface area contributed by atoms with Gasteiger partial charge in [-0.2, -0.15) is 0 Å². The molecule has 2 fully saturated rings. The molecule has 2 heterocycles. The number of hydrogen-bond acceptors (Lipinski definition) is 7. The second kappa shape index (κ2) is 14.6. The minimum atomic E-state index is -1.15. The Morgan fingerprint density at radius 2 is 1.82 bits per heavy atom. The number of fused-ring (bicyclic) bond motifs is 1. The molecule has 0 radical (unpaired) electrons. The highest BCUT2D eigenvalue weighted by molar-refractivity contribution is 5.87. The molecule has 2 aromatic rings. The van der Waals surface area contributed by atoms with Gasteiger partial charge >= 0.3 is 12.2 Å². The number of carbonyl (C=O) groups is 3. The van der Waals surface area contributed by atoms with Crippen molar-refractivity contribution in [3.63, 3.8) is 0 Å². The lowest BCUT2D eigenvalue weighted by atomic mass is 9.99. The third-order valence-corrected chi connectivity index (χ3v) is 7.65. The van der Waals surface area contributed by atoms with Gasteiger partial charge in [0.2, 0.25) is 5.91 Å². The number of benzene rings is 2. The molecule has 0 unspecified atom stereocenters. The molecule has 4 rings (SSSR count). The van der Waals surface area contributed by atoms with Crippen molar-refractivity contribution < 1.29 is 42.1 Å². The molecule has 1 N–H and O–H groups in total. The summed E-state index contributed by atoms with van der Waals surface area (Å²) < 4.78 is 49.9. The zero-order chi connectivity index (χ0) is 32.7. The summed E-state index contributed by atoms with van der Waals surface area (Å²) in [7, 11) is 0.